The molecule has 0 aromatic rings. The second-order valence-corrected chi connectivity index (χ2v) is 5.25. The lowest BCUT2D eigenvalue weighted by atomic mass is 10.0. The molecule has 0 radical (unpaired) electrons. The number of nitrogens with one attached hydrogen (secondary N) is 3. The molecule has 21 heavy (non-hydrogen) atoms. The van der Waals surface area contributed by atoms with Crippen molar-refractivity contribution in [1.82, 2.24) is 16.0 Å². The van der Waals surface area contributed by atoms with Crippen molar-refractivity contribution in [2.45, 2.75) is 52.2 Å². The molecule has 0 saturated heterocycles. The molecule has 8 heteroatoms. The Kier molecular flexibility index (Phi) is 6.84. The molecule has 3 N–H and O–H groups in total. The van der Waals surface area contributed by atoms with E-state index in [1.165, 1.54) is 41.7 Å². The largest absolute Gasteiger partial charge is 0.467 e. The highest BCUT2D eigenvalue weighted by Crippen LogP contribution is 2.04. The molecule has 0 aliphatic rings. The van der Waals surface area contributed by atoms with E-state index in [2.05, 4.69) is 20.7 Å². The van der Waals surface area contributed by atoms with Crippen molar-refractivity contribution in [3.8, 4) is 0 Å². The van der Waals surface area contributed by atoms with Gasteiger partial charge in [0, 0.05) is 6.92 Å². The summed E-state index contributed by atoms with van der Waals surface area (Å²) >= 11 is 0. The first-order chi connectivity index (χ1) is 9.51. The van der Waals surface area contributed by atoms with Crippen molar-refractivity contribution < 1.29 is 23.9 Å². The molecular formula is C13H23N3O5. The third kappa shape index (κ3) is 6.24. The zero-order chi connectivity index (χ0) is 16.8. The van der Waals surface area contributed by atoms with Crippen LogP contribution in [0.25, 0.3) is 0 Å². The molecule has 0 aromatic carbocycles. The molecule has 0 spiro atoms. The zero-order valence-electron chi connectivity index (χ0n) is 13.2. The Labute approximate surface area is 124 Å². The van der Waals surface area contributed by atoms with Gasteiger partial charge in [0.05, 0.1) is 7.11 Å². The molecule has 0 unspecified atom stereocenters. The maximum atomic E-state index is 12.1. The first-order valence-electron chi connectivity index (χ1n) is 6.49. The first-order valence-corrected chi connectivity index (χ1v) is 6.49. The van der Waals surface area contributed by atoms with E-state index in [1.807, 2.05) is 0 Å². The summed E-state index contributed by atoms with van der Waals surface area (Å²) in [5.74, 6) is -1.98. The van der Waals surface area contributed by atoms with Gasteiger partial charge in [-0.2, -0.15) is 0 Å². The summed E-state index contributed by atoms with van der Waals surface area (Å²) in [5, 5.41) is 7.36. The van der Waals surface area contributed by atoms with Gasteiger partial charge >= 0.3 is 5.97 Å². The van der Waals surface area contributed by atoms with Gasteiger partial charge < -0.3 is 20.7 Å². The maximum Gasteiger partial charge on any atom is 0.328 e. The van der Waals surface area contributed by atoms with E-state index >= 15 is 0 Å². The first kappa shape index (κ1) is 18.9. The minimum atomic E-state index is -1.24. The van der Waals surface area contributed by atoms with Crippen molar-refractivity contribution in [3.05, 3.63) is 0 Å². The molecule has 0 rings (SSSR count). The highest BCUT2D eigenvalue weighted by molar-refractivity contribution is 5.95. The summed E-state index contributed by atoms with van der Waals surface area (Å²) in [6.07, 6.45) is 0. The Morgan fingerprint density at radius 3 is 1.95 bits per heavy atom. The van der Waals surface area contributed by atoms with E-state index < -0.39 is 35.4 Å². The van der Waals surface area contributed by atoms with E-state index in [0.717, 1.165) is 0 Å². The fourth-order valence-electron chi connectivity index (χ4n) is 1.46. The molecule has 0 bridgehead atoms. The van der Waals surface area contributed by atoms with Crippen LogP contribution in [0.2, 0.25) is 0 Å². The lowest BCUT2D eigenvalue weighted by molar-refractivity contribution is -0.145. The summed E-state index contributed by atoms with van der Waals surface area (Å²) < 4.78 is 4.50. The van der Waals surface area contributed by atoms with Crippen LogP contribution in [-0.2, 0) is 23.9 Å². The maximum absolute atomic E-state index is 12.1. The summed E-state index contributed by atoms with van der Waals surface area (Å²) in [4.78, 5) is 46.1. The lowest BCUT2D eigenvalue weighted by Crippen LogP contribution is -2.60. The van der Waals surface area contributed by atoms with Crippen LogP contribution in [-0.4, -0.2) is 48.4 Å². The predicted molar refractivity (Wildman–Crippen MR) is 75.1 cm³/mol. The number of ether oxygens (including phenoxy) is 1. The Bertz CT molecular complexity index is 434. The number of amides is 3. The smallest absolute Gasteiger partial charge is 0.328 e. The SMILES string of the molecule is COC(=O)[C@H](C)NC(=O)C(C)(C)NC(=O)[C@H](C)NC(C)=O. The topological polar surface area (TPSA) is 114 Å². The highest BCUT2D eigenvalue weighted by atomic mass is 16.5. The Hall–Kier alpha value is -2.12. The second-order valence-electron chi connectivity index (χ2n) is 5.25. The van der Waals surface area contributed by atoms with Crippen LogP contribution < -0.4 is 16.0 Å². The normalized spacial score (nSPS) is 13.6. The van der Waals surface area contributed by atoms with Crippen molar-refractivity contribution in [2.75, 3.05) is 7.11 Å². The van der Waals surface area contributed by atoms with E-state index in [1.54, 1.807) is 0 Å². The molecule has 8 nitrogen and oxygen atoms in total. The van der Waals surface area contributed by atoms with Gasteiger partial charge in [0.2, 0.25) is 17.7 Å². The highest BCUT2D eigenvalue weighted by Gasteiger charge is 2.33. The molecule has 3 amide bonds. The molecule has 0 heterocycles. The predicted octanol–water partition coefficient (Wildman–Crippen LogP) is -0.916. The van der Waals surface area contributed by atoms with Crippen molar-refractivity contribution >= 4 is 23.7 Å². The molecule has 120 valence electrons. The molecule has 0 aliphatic heterocycles. The molecule has 2 atom stereocenters. The van der Waals surface area contributed by atoms with Gasteiger partial charge in [-0.25, -0.2) is 4.79 Å². The van der Waals surface area contributed by atoms with E-state index in [-0.39, 0.29) is 5.91 Å². The zero-order valence-corrected chi connectivity index (χ0v) is 13.2. The average Bonchev–Trinajstić information content (AvgIpc) is 2.35. The second kappa shape index (κ2) is 7.61. The Morgan fingerprint density at radius 2 is 1.52 bits per heavy atom. The van der Waals surface area contributed by atoms with Gasteiger partial charge in [0.25, 0.3) is 0 Å². The van der Waals surface area contributed by atoms with Gasteiger partial charge in [-0.3, -0.25) is 14.4 Å². The average molecular weight is 301 g/mol. The minimum Gasteiger partial charge on any atom is -0.467 e. The van der Waals surface area contributed by atoms with E-state index in [0.29, 0.717) is 0 Å². The van der Waals surface area contributed by atoms with Gasteiger partial charge in [0.1, 0.15) is 17.6 Å². The van der Waals surface area contributed by atoms with Gasteiger partial charge in [-0.15, -0.1) is 0 Å². The van der Waals surface area contributed by atoms with Crippen LogP contribution >= 0.6 is 0 Å². The number of rotatable bonds is 6. The summed E-state index contributed by atoms with van der Waals surface area (Å²) in [5.41, 5.74) is -1.24. The summed E-state index contributed by atoms with van der Waals surface area (Å²) in [6, 6.07) is -1.60. The van der Waals surface area contributed by atoms with Crippen LogP contribution in [0.15, 0.2) is 0 Å². The number of hydrogen-bond acceptors (Lipinski definition) is 5. The van der Waals surface area contributed by atoms with Crippen molar-refractivity contribution in [3.63, 3.8) is 0 Å². The summed E-state index contributed by atoms with van der Waals surface area (Å²) in [6.45, 7) is 7.25. The Balaban J connectivity index is 4.66. The minimum absolute atomic E-state index is 0.348. The van der Waals surface area contributed by atoms with Gasteiger partial charge in [0.15, 0.2) is 0 Å². The third-order valence-corrected chi connectivity index (χ3v) is 2.72. The quantitative estimate of drug-likeness (QED) is 0.549. The molecule has 0 saturated carbocycles. The molecular weight excluding hydrogens is 278 g/mol. The van der Waals surface area contributed by atoms with Crippen LogP contribution in [0, 0.1) is 0 Å². The van der Waals surface area contributed by atoms with Gasteiger partial charge in [-0.05, 0) is 27.7 Å². The number of carbonyl (C=O) groups is 4. The molecule has 0 aromatic heterocycles. The molecule has 0 aliphatic carbocycles. The molecule has 0 fully saturated rings. The van der Waals surface area contributed by atoms with Crippen molar-refractivity contribution in [1.29, 1.82) is 0 Å². The fourth-order valence-corrected chi connectivity index (χ4v) is 1.46. The summed E-state index contributed by atoms with van der Waals surface area (Å²) in [7, 11) is 1.22. The Morgan fingerprint density at radius 1 is 1.00 bits per heavy atom. The van der Waals surface area contributed by atoms with Crippen LogP contribution in [0.1, 0.15) is 34.6 Å². The van der Waals surface area contributed by atoms with Gasteiger partial charge in [-0.1, -0.05) is 0 Å². The monoisotopic (exact) mass is 301 g/mol. The van der Waals surface area contributed by atoms with E-state index in [9.17, 15) is 19.2 Å². The third-order valence-electron chi connectivity index (χ3n) is 2.72. The van der Waals surface area contributed by atoms with E-state index in [4.69, 9.17) is 0 Å². The fraction of sp³-hybridized carbons (Fsp3) is 0.692. The van der Waals surface area contributed by atoms with Crippen molar-refractivity contribution in [2.24, 2.45) is 0 Å². The van der Waals surface area contributed by atoms with Crippen LogP contribution in [0.3, 0.4) is 0 Å². The van der Waals surface area contributed by atoms with Crippen LogP contribution in [0.4, 0.5) is 0 Å². The number of esters is 1. The lowest BCUT2D eigenvalue weighted by Gasteiger charge is -2.28. The van der Waals surface area contributed by atoms with Crippen LogP contribution in [0.5, 0.6) is 0 Å². The standard InChI is InChI=1S/C13H23N3O5/c1-7(14-9(3)17)10(18)16-13(4,5)12(20)15-8(2)11(19)21-6/h7-8H,1-6H3,(H,14,17)(H,15,20)(H,16,18)/t7-,8-/m0/s1. The number of carbonyl (C=O) groups excluding carboxylic acids is 4. The number of hydrogen-bond donors (Lipinski definition) is 3. The number of methoxy groups -OCH3 is 1.